The van der Waals surface area contributed by atoms with Crippen LogP contribution in [-0.4, -0.2) is 42.6 Å². The summed E-state index contributed by atoms with van der Waals surface area (Å²) in [5.74, 6) is -1.62. The maximum absolute atomic E-state index is 11.7. The molecule has 1 aromatic carbocycles. The number of rotatable bonds is 13. The molecule has 0 amide bonds. The number of carboxylic acids is 1. The Morgan fingerprint density at radius 2 is 1.31 bits per heavy atom. The van der Waals surface area contributed by atoms with Crippen LogP contribution in [0.15, 0.2) is 0 Å². The zero-order valence-electron chi connectivity index (χ0n) is 16.1. The predicted octanol–water partition coefficient (Wildman–Crippen LogP) is 4.25. The van der Waals surface area contributed by atoms with Crippen molar-refractivity contribution < 1.29 is 34.0 Å². The Balaban J connectivity index is 3.41. The Morgan fingerprint density at radius 3 is 1.81 bits per heavy atom. The first-order valence-corrected chi connectivity index (χ1v) is 9.20. The quantitative estimate of drug-likeness (QED) is 0.501. The Kier molecular flexibility index (Phi) is 9.47. The number of carboxylic acid groups (broad SMARTS) is 1. The highest BCUT2D eigenvalue weighted by atomic mass is 16.6. The summed E-state index contributed by atoms with van der Waals surface area (Å²) in [6.07, 6.45) is 3.96. The molecule has 1 rings (SSSR count). The molecule has 0 saturated heterocycles. The molecule has 1 aromatic rings. The highest BCUT2D eigenvalue weighted by Gasteiger charge is 2.32. The lowest BCUT2D eigenvalue weighted by atomic mass is 10.1. The molecule has 0 aliphatic heterocycles. The van der Waals surface area contributed by atoms with E-state index in [1.54, 1.807) is 20.8 Å². The van der Waals surface area contributed by atoms with Gasteiger partial charge >= 0.3 is 5.97 Å². The Bertz CT molecular complexity index is 584. The molecular weight excluding hydrogens is 340 g/mol. The van der Waals surface area contributed by atoms with Crippen molar-refractivity contribution in [3.63, 3.8) is 0 Å². The summed E-state index contributed by atoms with van der Waals surface area (Å²) < 4.78 is 22.4. The molecule has 0 atom stereocenters. The smallest absolute Gasteiger partial charge is 0.343 e. The van der Waals surface area contributed by atoms with Crippen molar-refractivity contribution in [2.75, 3.05) is 26.4 Å². The number of phenols is 1. The minimum atomic E-state index is -1.33. The third-order valence-electron chi connectivity index (χ3n) is 3.62. The zero-order chi connectivity index (χ0) is 19.5. The summed E-state index contributed by atoms with van der Waals surface area (Å²) in [7, 11) is 0. The molecule has 0 saturated carbocycles. The van der Waals surface area contributed by atoms with Gasteiger partial charge in [-0.25, -0.2) is 4.79 Å². The highest BCUT2D eigenvalue weighted by molar-refractivity contribution is 5.97. The van der Waals surface area contributed by atoms with E-state index >= 15 is 0 Å². The molecule has 7 heteroatoms. The highest BCUT2D eigenvalue weighted by Crippen LogP contribution is 2.53. The number of unbranched alkanes of at least 4 members (excludes halogenated alkanes) is 3. The fourth-order valence-corrected chi connectivity index (χ4v) is 2.52. The number of hydrogen-bond donors (Lipinski definition) is 2. The largest absolute Gasteiger partial charge is 0.503 e. The fourth-order valence-electron chi connectivity index (χ4n) is 2.52. The SMILES string of the molecule is CCCCCCOc1c(O)c(C(=O)O)c(OCC)c(OCC)c1OCC. The molecule has 148 valence electrons. The van der Waals surface area contributed by atoms with Crippen molar-refractivity contribution in [3.8, 4) is 28.7 Å². The monoisotopic (exact) mass is 370 g/mol. The minimum Gasteiger partial charge on any atom is -0.503 e. The van der Waals surface area contributed by atoms with Gasteiger partial charge in [-0.3, -0.25) is 0 Å². The first-order chi connectivity index (χ1) is 12.5. The minimum absolute atomic E-state index is 0.0207. The number of ether oxygens (including phenoxy) is 4. The van der Waals surface area contributed by atoms with Crippen LogP contribution in [0.25, 0.3) is 0 Å². The maximum Gasteiger partial charge on any atom is 0.343 e. The fraction of sp³-hybridized carbons (Fsp3) is 0.632. The third kappa shape index (κ3) is 5.34. The third-order valence-corrected chi connectivity index (χ3v) is 3.62. The zero-order valence-corrected chi connectivity index (χ0v) is 16.1. The van der Waals surface area contributed by atoms with Crippen LogP contribution in [0.3, 0.4) is 0 Å². The van der Waals surface area contributed by atoms with Crippen LogP contribution in [-0.2, 0) is 0 Å². The van der Waals surface area contributed by atoms with E-state index in [1.165, 1.54) is 0 Å². The van der Waals surface area contributed by atoms with E-state index < -0.39 is 11.7 Å². The van der Waals surface area contributed by atoms with E-state index in [2.05, 4.69) is 6.92 Å². The molecule has 0 unspecified atom stereocenters. The summed E-state index contributed by atoms with van der Waals surface area (Å²) in [6, 6.07) is 0. The van der Waals surface area contributed by atoms with Gasteiger partial charge in [0.15, 0.2) is 17.1 Å². The number of carbonyl (C=O) groups is 1. The molecule has 0 aliphatic carbocycles. The molecule has 0 heterocycles. The van der Waals surface area contributed by atoms with Crippen molar-refractivity contribution in [1.29, 1.82) is 0 Å². The van der Waals surface area contributed by atoms with Crippen molar-refractivity contribution in [2.24, 2.45) is 0 Å². The molecule has 0 aromatic heterocycles. The van der Waals surface area contributed by atoms with Gasteiger partial charge in [-0.1, -0.05) is 26.2 Å². The van der Waals surface area contributed by atoms with Gasteiger partial charge in [0, 0.05) is 0 Å². The van der Waals surface area contributed by atoms with Crippen molar-refractivity contribution in [2.45, 2.75) is 53.4 Å². The van der Waals surface area contributed by atoms with Gasteiger partial charge < -0.3 is 29.2 Å². The standard InChI is InChI=1S/C19H30O7/c1-5-9-10-11-12-26-16-14(20)13(19(21)22)15(23-6-2)17(24-7-3)18(16)25-8-4/h20H,5-12H2,1-4H3,(H,21,22). The molecule has 0 radical (unpaired) electrons. The number of aromatic carboxylic acids is 1. The molecule has 0 spiro atoms. The van der Waals surface area contributed by atoms with Gasteiger partial charge in [0.2, 0.25) is 17.2 Å². The summed E-state index contributed by atoms with van der Waals surface area (Å²) in [5, 5.41) is 20.1. The number of hydrogen-bond acceptors (Lipinski definition) is 6. The molecule has 0 bridgehead atoms. The first kappa shape index (κ1) is 21.7. The Labute approximate surface area is 154 Å². The lowest BCUT2D eigenvalue weighted by Crippen LogP contribution is -2.11. The van der Waals surface area contributed by atoms with Crippen molar-refractivity contribution in [1.82, 2.24) is 0 Å². The van der Waals surface area contributed by atoms with Crippen molar-refractivity contribution in [3.05, 3.63) is 5.56 Å². The molecule has 7 nitrogen and oxygen atoms in total. The summed E-state index contributed by atoms with van der Waals surface area (Å²) in [5.41, 5.74) is -0.387. The average Bonchev–Trinajstić information content (AvgIpc) is 2.60. The van der Waals surface area contributed by atoms with Gasteiger partial charge in [-0.15, -0.1) is 0 Å². The molecule has 2 N–H and O–H groups in total. The summed E-state index contributed by atoms with van der Waals surface area (Å²) in [4.78, 5) is 11.7. The van der Waals surface area contributed by atoms with Gasteiger partial charge in [-0.05, 0) is 27.2 Å². The van der Waals surface area contributed by atoms with E-state index in [4.69, 9.17) is 18.9 Å². The molecule has 0 aliphatic rings. The van der Waals surface area contributed by atoms with Gasteiger partial charge in [-0.2, -0.15) is 0 Å². The normalized spacial score (nSPS) is 10.5. The van der Waals surface area contributed by atoms with E-state index in [0.29, 0.717) is 13.2 Å². The van der Waals surface area contributed by atoms with Crippen molar-refractivity contribution >= 4 is 5.97 Å². The second kappa shape index (κ2) is 11.3. The second-order valence-electron chi connectivity index (χ2n) is 5.55. The van der Waals surface area contributed by atoms with Crippen LogP contribution in [0.2, 0.25) is 0 Å². The maximum atomic E-state index is 11.7. The van der Waals surface area contributed by atoms with Crippen LogP contribution in [0, 0.1) is 0 Å². The summed E-state index contributed by atoms with van der Waals surface area (Å²) in [6.45, 7) is 8.50. The van der Waals surface area contributed by atoms with E-state index in [0.717, 1.165) is 25.7 Å². The molecule has 0 fully saturated rings. The predicted molar refractivity (Wildman–Crippen MR) is 98.2 cm³/mol. The number of benzene rings is 1. The lowest BCUT2D eigenvalue weighted by molar-refractivity contribution is 0.0686. The van der Waals surface area contributed by atoms with E-state index in [9.17, 15) is 15.0 Å². The summed E-state index contributed by atoms with van der Waals surface area (Å²) >= 11 is 0. The van der Waals surface area contributed by atoms with Gasteiger partial charge in [0.1, 0.15) is 0 Å². The number of aromatic hydroxyl groups is 1. The van der Waals surface area contributed by atoms with E-state index in [-0.39, 0.29) is 41.8 Å². The van der Waals surface area contributed by atoms with Crippen LogP contribution in [0.5, 0.6) is 28.7 Å². The molecule has 26 heavy (non-hydrogen) atoms. The second-order valence-corrected chi connectivity index (χ2v) is 5.55. The Morgan fingerprint density at radius 1 is 0.769 bits per heavy atom. The van der Waals surface area contributed by atoms with Crippen LogP contribution >= 0.6 is 0 Å². The van der Waals surface area contributed by atoms with Gasteiger partial charge in [0.25, 0.3) is 0 Å². The first-order valence-electron chi connectivity index (χ1n) is 9.20. The molecular formula is C19H30O7. The van der Waals surface area contributed by atoms with E-state index in [1.807, 2.05) is 0 Å². The van der Waals surface area contributed by atoms with Crippen LogP contribution in [0.1, 0.15) is 63.7 Å². The Hall–Kier alpha value is -2.31. The average molecular weight is 370 g/mol. The topological polar surface area (TPSA) is 94.5 Å². The van der Waals surface area contributed by atoms with Crippen LogP contribution < -0.4 is 18.9 Å². The van der Waals surface area contributed by atoms with Crippen LogP contribution in [0.4, 0.5) is 0 Å². The van der Waals surface area contributed by atoms with Gasteiger partial charge in [0.05, 0.1) is 26.4 Å². The lowest BCUT2D eigenvalue weighted by Gasteiger charge is -2.21.